The smallest absolute Gasteiger partial charge is 0.308 e. The Morgan fingerprint density at radius 1 is 1.35 bits per heavy atom. The normalized spacial score (nSPS) is 22.9. The predicted molar refractivity (Wildman–Crippen MR) is 76.2 cm³/mol. The molecule has 0 aliphatic carbocycles. The lowest BCUT2D eigenvalue weighted by Crippen LogP contribution is -2.45. The molecular formula is C16H21NO3. The van der Waals surface area contributed by atoms with Crippen molar-refractivity contribution in [1.29, 1.82) is 0 Å². The van der Waals surface area contributed by atoms with Crippen molar-refractivity contribution in [1.82, 2.24) is 4.90 Å². The van der Waals surface area contributed by atoms with Gasteiger partial charge in [0.1, 0.15) is 0 Å². The molecule has 0 aromatic heterocycles. The van der Waals surface area contributed by atoms with E-state index in [0.717, 1.165) is 18.4 Å². The van der Waals surface area contributed by atoms with Gasteiger partial charge in [0.05, 0.1) is 12.0 Å². The van der Waals surface area contributed by atoms with Crippen LogP contribution >= 0.6 is 0 Å². The van der Waals surface area contributed by atoms with Gasteiger partial charge in [-0.15, -0.1) is 0 Å². The Bertz CT molecular complexity index is 472. The second kappa shape index (κ2) is 6.55. The molecule has 2 atom stereocenters. The SMILES string of the molecule is CCCCN1C(=O)CC[C@H](C(=O)O)[C@@H]1c1ccccc1. The van der Waals surface area contributed by atoms with Crippen LogP contribution in [0, 0.1) is 5.92 Å². The summed E-state index contributed by atoms with van der Waals surface area (Å²) in [5.41, 5.74) is 0.920. The van der Waals surface area contributed by atoms with E-state index in [2.05, 4.69) is 6.92 Å². The van der Waals surface area contributed by atoms with Gasteiger partial charge >= 0.3 is 5.97 Å². The monoisotopic (exact) mass is 275 g/mol. The molecule has 1 fully saturated rings. The maximum absolute atomic E-state index is 12.2. The van der Waals surface area contributed by atoms with Gasteiger partial charge in [0, 0.05) is 13.0 Å². The predicted octanol–water partition coefficient (Wildman–Crippen LogP) is 2.85. The number of amides is 1. The lowest BCUT2D eigenvalue weighted by atomic mass is 9.84. The van der Waals surface area contributed by atoms with Crippen molar-refractivity contribution in [3.05, 3.63) is 35.9 Å². The van der Waals surface area contributed by atoms with Crippen LogP contribution in [-0.4, -0.2) is 28.4 Å². The Morgan fingerprint density at radius 2 is 2.05 bits per heavy atom. The minimum absolute atomic E-state index is 0.0739. The molecule has 4 nitrogen and oxygen atoms in total. The molecule has 1 aliphatic rings. The molecule has 108 valence electrons. The highest BCUT2D eigenvalue weighted by Crippen LogP contribution is 2.36. The van der Waals surface area contributed by atoms with Crippen LogP contribution in [0.5, 0.6) is 0 Å². The van der Waals surface area contributed by atoms with Crippen LogP contribution in [0.15, 0.2) is 30.3 Å². The third kappa shape index (κ3) is 3.00. The van der Waals surface area contributed by atoms with Gasteiger partial charge in [-0.05, 0) is 18.4 Å². The summed E-state index contributed by atoms with van der Waals surface area (Å²) in [4.78, 5) is 25.5. The molecule has 1 aromatic rings. The van der Waals surface area contributed by atoms with Gasteiger partial charge < -0.3 is 10.0 Å². The van der Waals surface area contributed by atoms with Crippen LogP contribution in [0.1, 0.15) is 44.2 Å². The fourth-order valence-electron chi connectivity index (χ4n) is 2.87. The molecule has 1 saturated heterocycles. The van der Waals surface area contributed by atoms with E-state index < -0.39 is 11.9 Å². The van der Waals surface area contributed by atoms with Crippen molar-refractivity contribution in [2.75, 3.05) is 6.54 Å². The number of unbranched alkanes of at least 4 members (excludes halogenated alkanes) is 1. The Kier molecular flexibility index (Phi) is 4.77. The highest BCUT2D eigenvalue weighted by atomic mass is 16.4. The average Bonchev–Trinajstić information content (AvgIpc) is 2.46. The van der Waals surface area contributed by atoms with Crippen molar-refractivity contribution >= 4 is 11.9 Å². The number of carbonyl (C=O) groups is 2. The van der Waals surface area contributed by atoms with Gasteiger partial charge in [0.15, 0.2) is 0 Å². The third-order valence-corrected chi connectivity index (χ3v) is 3.92. The molecule has 2 rings (SSSR count). The Hall–Kier alpha value is -1.84. The number of carboxylic acids is 1. The average molecular weight is 275 g/mol. The van der Waals surface area contributed by atoms with E-state index in [4.69, 9.17) is 0 Å². The van der Waals surface area contributed by atoms with Gasteiger partial charge in [-0.3, -0.25) is 9.59 Å². The molecule has 1 heterocycles. The molecule has 1 aliphatic heterocycles. The number of aliphatic carboxylic acids is 1. The van der Waals surface area contributed by atoms with E-state index in [1.165, 1.54) is 0 Å². The fraction of sp³-hybridized carbons (Fsp3) is 0.500. The van der Waals surface area contributed by atoms with Crippen molar-refractivity contribution in [3.8, 4) is 0 Å². The molecular weight excluding hydrogens is 254 g/mol. The quantitative estimate of drug-likeness (QED) is 0.899. The largest absolute Gasteiger partial charge is 0.481 e. The van der Waals surface area contributed by atoms with E-state index in [-0.39, 0.29) is 11.9 Å². The van der Waals surface area contributed by atoms with Gasteiger partial charge in [-0.2, -0.15) is 0 Å². The maximum atomic E-state index is 12.2. The van der Waals surface area contributed by atoms with Crippen molar-refractivity contribution < 1.29 is 14.7 Å². The number of nitrogens with zero attached hydrogens (tertiary/aromatic N) is 1. The summed E-state index contributed by atoms with van der Waals surface area (Å²) in [5.74, 6) is -1.25. The Labute approximate surface area is 119 Å². The number of carboxylic acid groups (broad SMARTS) is 1. The van der Waals surface area contributed by atoms with Crippen molar-refractivity contribution in [2.24, 2.45) is 5.92 Å². The lowest BCUT2D eigenvalue weighted by Gasteiger charge is -2.40. The van der Waals surface area contributed by atoms with E-state index in [1.54, 1.807) is 4.90 Å². The van der Waals surface area contributed by atoms with Crippen LogP contribution in [-0.2, 0) is 9.59 Å². The lowest BCUT2D eigenvalue weighted by molar-refractivity contribution is -0.152. The summed E-state index contributed by atoms with van der Waals surface area (Å²) in [6.45, 7) is 2.71. The molecule has 0 spiro atoms. The number of benzene rings is 1. The number of rotatable bonds is 5. The van der Waals surface area contributed by atoms with Gasteiger partial charge in [-0.1, -0.05) is 43.7 Å². The first-order chi connectivity index (χ1) is 9.65. The number of piperidine rings is 1. The van der Waals surface area contributed by atoms with E-state index in [1.807, 2.05) is 30.3 Å². The molecule has 0 radical (unpaired) electrons. The minimum atomic E-state index is -0.812. The molecule has 1 aromatic carbocycles. The van der Waals surface area contributed by atoms with E-state index in [9.17, 15) is 14.7 Å². The summed E-state index contributed by atoms with van der Waals surface area (Å²) in [6.07, 6.45) is 2.66. The zero-order chi connectivity index (χ0) is 14.5. The third-order valence-electron chi connectivity index (χ3n) is 3.92. The summed E-state index contributed by atoms with van der Waals surface area (Å²) in [6, 6.07) is 9.19. The molecule has 0 unspecified atom stereocenters. The topological polar surface area (TPSA) is 57.6 Å². The van der Waals surface area contributed by atoms with Crippen molar-refractivity contribution in [2.45, 2.75) is 38.6 Å². The maximum Gasteiger partial charge on any atom is 0.308 e. The zero-order valence-corrected chi connectivity index (χ0v) is 11.8. The second-order valence-electron chi connectivity index (χ2n) is 5.28. The van der Waals surface area contributed by atoms with Crippen LogP contribution in [0.3, 0.4) is 0 Å². The van der Waals surface area contributed by atoms with Crippen LogP contribution < -0.4 is 0 Å². The first-order valence-electron chi connectivity index (χ1n) is 7.22. The van der Waals surface area contributed by atoms with Crippen LogP contribution in [0.2, 0.25) is 0 Å². The molecule has 1 amide bonds. The van der Waals surface area contributed by atoms with Gasteiger partial charge in [0.2, 0.25) is 5.91 Å². The van der Waals surface area contributed by atoms with E-state index >= 15 is 0 Å². The Morgan fingerprint density at radius 3 is 2.65 bits per heavy atom. The summed E-state index contributed by atoms with van der Waals surface area (Å²) in [5, 5.41) is 9.46. The summed E-state index contributed by atoms with van der Waals surface area (Å²) in [7, 11) is 0. The first-order valence-corrected chi connectivity index (χ1v) is 7.22. The first kappa shape index (κ1) is 14.6. The van der Waals surface area contributed by atoms with Crippen LogP contribution in [0.4, 0.5) is 0 Å². The molecule has 1 N–H and O–H groups in total. The van der Waals surface area contributed by atoms with Crippen molar-refractivity contribution in [3.63, 3.8) is 0 Å². The molecule has 4 heteroatoms. The molecule has 20 heavy (non-hydrogen) atoms. The second-order valence-corrected chi connectivity index (χ2v) is 5.28. The summed E-state index contributed by atoms with van der Waals surface area (Å²) >= 11 is 0. The number of hydrogen-bond donors (Lipinski definition) is 1. The van der Waals surface area contributed by atoms with Gasteiger partial charge in [0.25, 0.3) is 0 Å². The van der Waals surface area contributed by atoms with Gasteiger partial charge in [-0.25, -0.2) is 0 Å². The van der Waals surface area contributed by atoms with Crippen LogP contribution in [0.25, 0.3) is 0 Å². The molecule has 0 bridgehead atoms. The van der Waals surface area contributed by atoms with E-state index in [0.29, 0.717) is 19.4 Å². The summed E-state index contributed by atoms with van der Waals surface area (Å²) < 4.78 is 0. The molecule has 0 saturated carbocycles. The minimum Gasteiger partial charge on any atom is -0.481 e. The standard InChI is InChI=1S/C16H21NO3/c1-2-3-11-17-14(18)10-9-13(16(19)20)15(17)12-7-5-4-6-8-12/h4-8,13,15H,2-3,9-11H2,1H3,(H,19,20)/t13-,15-/m0/s1. The number of carbonyl (C=O) groups excluding carboxylic acids is 1. The Balaban J connectivity index is 2.33. The zero-order valence-electron chi connectivity index (χ0n) is 11.8. The highest BCUT2D eigenvalue weighted by molar-refractivity contribution is 5.81. The highest BCUT2D eigenvalue weighted by Gasteiger charge is 2.40. The number of hydrogen-bond acceptors (Lipinski definition) is 2. The fourth-order valence-corrected chi connectivity index (χ4v) is 2.87. The number of likely N-dealkylation sites (tertiary alicyclic amines) is 1.